The van der Waals surface area contributed by atoms with E-state index in [9.17, 15) is 4.79 Å². The average Bonchev–Trinajstić information content (AvgIpc) is 2.32. The number of rotatable bonds is 5. The van der Waals surface area contributed by atoms with E-state index in [-0.39, 0.29) is 5.91 Å². The fourth-order valence-electron chi connectivity index (χ4n) is 2.09. The van der Waals surface area contributed by atoms with Crippen LogP contribution in [0.3, 0.4) is 0 Å². The molecule has 0 saturated heterocycles. The fourth-order valence-corrected chi connectivity index (χ4v) is 2.26. The van der Waals surface area contributed by atoms with Gasteiger partial charge in [-0.15, -0.1) is 0 Å². The smallest absolute Gasteiger partial charge is 0.238 e. The number of carbonyl (C=O) groups excluding carboxylic acids is 1. The van der Waals surface area contributed by atoms with Crippen LogP contribution in [-0.2, 0) is 9.53 Å². The van der Waals surface area contributed by atoms with Gasteiger partial charge in [0.25, 0.3) is 0 Å². The van der Waals surface area contributed by atoms with Gasteiger partial charge in [-0.3, -0.25) is 4.79 Å². The van der Waals surface area contributed by atoms with Crippen LogP contribution < -0.4 is 10.6 Å². The topological polar surface area (TPSA) is 50.4 Å². The first-order chi connectivity index (χ1) is 9.08. The average molecular weight is 283 g/mol. The Bertz CT molecular complexity index is 459. The van der Waals surface area contributed by atoms with E-state index in [2.05, 4.69) is 10.6 Å². The molecule has 4 nitrogen and oxygen atoms in total. The maximum absolute atomic E-state index is 11.8. The highest BCUT2D eigenvalue weighted by molar-refractivity contribution is 6.31. The van der Waals surface area contributed by atoms with Crippen LogP contribution in [-0.4, -0.2) is 31.7 Å². The third-order valence-electron chi connectivity index (χ3n) is 3.45. The van der Waals surface area contributed by atoms with Crippen LogP contribution >= 0.6 is 11.6 Å². The summed E-state index contributed by atoms with van der Waals surface area (Å²) in [6, 6.07) is 5.85. The van der Waals surface area contributed by atoms with Gasteiger partial charge in [0.15, 0.2) is 0 Å². The van der Waals surface area contributed by atoms with Gasteiger partial charge in [0.1, 0.15) is 0 Å². The number of anilines is 1. The van der Waals surface area contributed by atoms with Crippen molar-refractivity contribution in [1.29, 1.82) is 0 Å². The normalized spacial score (nSPS) is 21.8. The fraction of sp³-hybridized carbons (Fsp3) is 0.500. The van der Waals surface area contributed by atoms with Gasteiger partial charge in [0.2, 0.25) is 5.91 Å². The Balaban J connectivity index is 1.77. The van der Waals surface area contributed by atoms with Crippen molar-refractivity contribution < 1.29 is 9.53 Å². The molecule has 1 amide bonds. The summed E-state index contributed by atoms with van der Waals surface area (Å²) in [5.41, 5.74) is 1.77. The Labute approximate surface area is 118 Å². The van der Waals surface area contributed by atoms with Crippen molar-refractivity contribution in [1.82, 2.24) is 5.32 Å². The summed E-state index contributed by atoms with van der Waals surface area (Å²) >= 11 is 5.91. The summed E-state index contributed by atoms with van der Waals surface area (Å²) < 4.78 is 5.19. The molecular weight excluding hydrogens is 264 g/mol. The number of benzene rings is 1. The Morgan fingerprint density at radius 1 is 1.47 bits per heavy atom. The Morgan fingerprint density at radius 2 is 2.21 bits per heavy atom. The van der Waals surface area contributed by atoms with Crippen molar-refractivity contribution in [3.05, 3.63) is 28.8 Å². The van der Waals surface area contributed by atoms with Crippen LogP contribution in [0.15, 0.2) is 18.2 Å². The van der Waals surface area contributed by atoms with Gasteiger partial charge < -0.3 is 15.4 Å². The molecule has 1 fully saturated rings. The van der Waals surface area contributed by atoms with E-state index in [0.717, 1.165) is 24.1 Å². The van der Waals surface area contributed by atoms with Crippen molar-refractivity contribution in [2.45, 2.75) is 31.9 Å². The second kappa shape index (κ2) is 6.37. The zero-order valence-corrected chi connectivity index (χ0v) is 12.0. The summed E-state index contributed by atoms with van der Waals surface area (Å²) in [5.74, 6) is -0.0498. The standard InChI is InChI=1S/C14H19ClN2O2/c1-9-3-4-10(15)5-13(9)17-14(18)8-16-11-6-12(7-11)19-2/h3-5,11-12,16H,6-8H2,1-2H3,(H,17,18). The minimum absolute atomic E-state index is 0.0498. The molecular formula is C14H19ClN2O2. The van der Waals surface area contributed by atoms with Crippen LogP contribution in [0, 0.1) is 6.92 Å². The van der Waals surface area contributed by atoms with Crippen LogP contribution in [0.25, 0.3) is 0 Å². The lowest BCUT2D eigenvalue weighted by Gasteiger charge is -2.34. The highest BCUT2D eigenvalue weighted by Gasteiger charge is 2.28. The van der Waals surface area contributed by atoms with Gasteiger partial charge in [-0.05, 0) is 37.5 Å². The van der Waals surface area contributed by atoms with E-state index in [1.54, 1.807) is 13.2 Å². The van der Waals surface area contributed by atoms with Gasteiger partial charge >= 0.3 is 0 Å². The van der Waals surface area contributed by atoms with Gasteiger partial charge in [0.05, 0.1) is 12.6 Å². The number of aryl methyl sites for hydroxylation is 1. The quantitative estimate of drug-likeness (QED) is 0.872. The summed E-state index contributed by atoms with van der Waals surface area (Å²) in [6.07, 6.45) is 2.29. The maximum atomic E-state index is 11.8. The number of hydrogen-bond donors (Lipinski definition) is 2. The van der Waals surface area contributed by atoms with E-state index in [0.29, 0.717) is 23.7 Å². The lowest BCUT2D eigenvalue weighted by atomic mass is 9.89. The molecule has 1 aliphatic carbocycles. The molecule has 0 unspecified atom stereocenters. The van der Waals surface area contributed by atoms with Crippen molar-refractivity contribution in [2.75, 3.05) is 19.0 Å². The monoisotopic (exact) mass is 282 g/mol. The molecule has 1 aromatic carbocycles. The summed E-state index contributed by atoms with van der Waals surface area (Å²) in [6.45, 7) is 2.25. The first kappa shape index (κ1) is 14.3. The first-order valence-corrected chi connectivity index (χ1v) is 6.78. The molecule has 0 radical (unpaired) electrons. The summed E-state index contributed by atoms with van der Waals surface area (Å²) in [7, 11) is 1.72. The van der Waals surface area contributed by atoms with Crippen molar-refractivity contribution in [3.63, 3.8) is 0 Å². The minimum atomic E-state index is -0.0498. The molecule has 104 valence electrons. The molecule has 1 saturated carbocycles. The Morgan fingerprint density at radius 3 is 2.89 bits per heavy atom. The van der Waals surface area contributed by atoms with E-state index in [1.165, 1.54) is 0 Å². The first-order valence-electron chi connectivity index (χ1n) is 6.40. The highest BCUT2D eigenvalue weighted by atomic mass is 35.5. The van der Waals surface area contributed by atoms with Crippen molar-refractivity contribution >= 4 is 23.2 Å². The van der Waals surface area contributed by atoms with Crippen LogP contribution in [0.4, 0.5) is 5.69 Å². The molecule has 1 aliphatic rings. The molecule has 0 bridgehead atoms. The lowest BCUT2D eigenvalue weighted by molar-refractivity contribution is -0.115. The lowest BCUT2D eigenvalue weighted by Crippen LogP contribution is -2.47. The molecule has 19 heavy (non-hydrogen) atoms. The molecule has 0 aromatic heterocycles. The SMILES string of the molecule is COC1CC(NCC(=O)Nc2cc(Cl)ccc2C)C1. The predicted molar refractivity (Wildman–Crippen MR) is 76.6 cm³/mol. The molecule has 0 heterocycles. The summed E-state index contributed by atoms with van der Waals surface area (Å²) in [5, 5.41) is 6.70. The molecule has 5 heteroatoms. The second-order valence-corrected chi connectivity index (χ2v) is 5.35. The van der Waals surface area contributed by atoms with Crippen molar-refractivity contribution in [2.24, 2.45) is 0 Å². The zero-order chi connectivity index (χ0) is 13.8. The molecule has 0 atom stereocenters. The van der Waals surface area contributed by atoms with Crippen molar-refractivity contribution in [3.8, 4) is 0 Å². The zero-order valence-electron chi connectivity index (χ0n) is 11.2. The highest BCUT2D eigenvalue weighted by Crippen LogP contribution is 2.22. The van der Waals surface area contributed by atoms with E-state index < -0.39 is 0 Å². The van der Waals surface area contributed by atoms with Gasteiger partial charge in [-0.2, -0.15) is 0 Å². The van der Waals surface area contributed by atoms with E-state index >= 15 is 0 Å². The number of methoxy groups -OCH3 is 1. The third-order valence-corrected chi connectivity index (χ3v) is 3.69. The largest absolute Gasteiger partial charge is 0.381 e. The Hall–Kier alpha value is -1.10. The van der Waals surface area contributed by atoms with E-state index in [1.807, 2.05) is 19.1 Å². The Kier molecular flexibility index (Phi) is 4.80. The molecule has 0 aliphatic heterocycles. The number of hydrogen-bond acceptors (Lipinski definition) is 3. The predicted octanol–water partition coefficient (Wildman–Crippen LogP) is 2.35. The maximum Gasteiger partial charge on any atom is 0.238 e. The number of halogens is 1. The number of ether oxygens (including phenoxy) is 1. The van der Waals surface area contributed by atoms with Crippen LogP contribution in [0.2, 0.25) is 5.02 Å². The summed E-state index contributed by atoms with van der Waals surface area (Å²) in [4.78, 5) is 11.8. The number of carbonyl (C=O) groups is 1. The van der Waals surface area contributed by atoms with Crippen LogP contribution in [0.1, 0.15) is 18.4 Å². The van der Waals surface area contributed by atoms with E-state index in [4.69, 9.17) is 16.3 Å². The van der Waals surface area contributed by atoms with Gasteiger partial charge in [-0.1, -0.05) is 17.7 Å². The molecule has 2 N–H and O–H groups in total. The molecule has 2 rings (SSSR count). The number of amides is 1. The minimum Gasteiger partial charge on any atom is -0.381 e. The molecule has 0 spiro atoms. The second-order valence-electron chi connectivity index (χ2n) is 4.91. The third kappa shape index (κ3) is 3.93. The van der Waals surface area contributed by atoms with Gasteiger partial charge in [-0.25, -0.2) is 0 Å². The number of nitrogens with one attached hydrogen (secondary N) is 2. The molecule has 1 aromatic rings. The van der Waals surface area contributed by atoms with Crippen LogP contribution in [0.5, 0.6) is 0 Å². The van der Waals surface area contributed by atoms with Gasteiger partial charge in [0, 0.05) is 23.9 Å².